The minimum absolute atomic E-state index is 0.866. The van der Waals surface area contributed by atoms with Gasteiger partial charge in [-0.05, 0) is 24.3 Å². The molecule has 0 aliphatic carbocycles. The van der Waals surface area contributed by atoms with E-state index in [1.807, 2.05) is 24.4 Å². The lowest BCUT2D eigenvalue weighted by Crippen LogP contribution is -1.90. The predicted octanol–water partition coefficient (Wildman–Crippen LogP) is 6.70. The number of aromatic amines is 1. The van der Waals surface area contributed by atoms with Crippen molar-refractivity contribution >= 4 is 11.8 Å². The molecule has 0 fully saturated rings. The number of imidazole rings is 1. The highest BCUT2D eigenvalue weighted by Gasteiger charge is 2.17. The van der Waals surface area contributed by atoms with Crippen molar-refractivity contribution in [2.75, 3.05) is 5.75 Å². The molecule has 28 heavy (non-hydrogen) atoms. The van der Waals surface area contributed by atoms with Crippen LogP contribution in [-0.4, -0.2) is 20.7 Å². The number of nitrogens with zero attached hydrogens (tertiary/aromatic N) is 2. The summed E-state index contributed by atoms with van der Waals surface area (Å²) in [4.78, 5) is 13.2. The van der Waals surface area contributed by atoms with Crippen molar-refractivity contribution in [2.45, 2.75) is 24.8 Å². The highest BCUT2D eigenvalue weighted by atomic mass is 32.2. The molecule has 2 aromatic heterocycles. The predicted molar refractivity (Wildman–Crippen MR) is 118 cm³/mol. The maximum atomic E-state index is 5.01. The minimum atomic E-state index is 0.866. The average molecular weight is 386 g/mol. The molecule has 0 spiro atoms. The van der Waals surface area contributed by atoms with Crippen molar-refractivity contribution in [1.29, 1.82) is 0 Å². The highest BCUT2D eigenvalue weighted by molar-refractivity contribution is 7.99. The fourth-order valence-electron chi connectivity index (χ4n) is 3.12. The summed E-state index contributed by atoms with van der Waals surface area (Å²) in [7, 11) is 0. The smallest absolute Gasteiger partial charge is 0.141 e. The van der Waals surface area contributed by atoms with E-state index in [1.54, 1.807) is 11.8 Å². The first-order valence-corrected chi connectivity index (χ1v) is 10.6. The molecule has 0 aliphatic heterocycles. The van der Waals surface area contributed by atoms with Crippen LogP contribution in [0.25, 0.3) is 33.9 Å². The standard InChI is InChI=1S/C24H23N3S/c1-2-3-17-28-24-20(15-10-16-25-24)23-26-21(18-11-6-4-7-12-18)22(27-23)19-13-8-5-9-14-19/h4-16H,2-3,17H2,1H3,(H,26,27). The summed E-state index contributed by atoms with van der Waals surface area (Å²) in [5.41, 5.74) is 5.30. The van der Waals surface area contributed by atoms with Gasteiger partial charge in [0.15, 0.2) is 0 Å². The van der Waals surface area contributed by atoms with E-state index >= 15 is 0 Å². The zero-order valence-electron chi connectivity index (χ0n) is 15.9. The van der Waals surface area contributed by atoms with Crippen molar-refractivity contribution in [1.82, 2.24) is 15.0 Å². The molecule has 0 aliphatic rings. The zero-order chi connectivity index (χ0) is 19.2. The van der Waals surface area contributed by atoms with Crippen LogP contribution in [0.2, 0.25) is 0 Å². The SMILES string of the molecule is CCCCSc1ncccc1-c1nc(-c2ccccc2)c(-c2ccccc2)[nH]1. The highest BCUT2D eigenvalue weighted by Crippen LogP contribution is 2.35. The van der Waals surface area contributed by atoms with Gasteiger partial charge in [-0.25, -0.2) is 9.97 Å². The molecule has 4 heteroatoms. The van der Waals surface area contributed by atoms with Gasteiger partial charge in [0.05, 0.1) is 11.4 Å². The second-order valence-electron chi connectivity index (χ2n) is 6.60. The molecule has 0 atom stereocenters. The van der Waals surface area contributed by atoms with Crippen LogP contribution in [0.4, 0.5) is 0 Å². The molecule has 0 amide bonds. The lowest BCUT2D eigenvalue weighted by atomic mass is 10.1. The Balaban J connectivity index is 1.81. The summed E-state index contributed by atoms with van der Waals surface area (Å²) in [6.45, 7) is 2.21. The third-order valence-electron chi connectivity index (χ3n) is 4.58. The summed E-state index contributed by atoms with van der Waals surface area (Å²) < 4.78 is 0. The fourth-order valence-corrected chi connectivity index (χ4v) is 4.20. The summed E-state index contributed by atoms with van der Waals surface area (Å²) >= 11 is 1.80. The van der Waals surface area contributed by atoms with E-state index in [9.17, 15) is 0 Å². The van der Waals surface area contributed by atoms with Gasteiger partial charge in [0.1, 0.15) is 10.9 Å². The number of rotatable bonds is 7. The summed E-state index contributed by atoms with van der Waals surface area (Å²) in [5, 5.41) is 1.03. The van der Waals surface area contributed by atoms with E-state index in [-0.39, 0.29) is 0 Å². The number of H-pyrrole nitrogens is 1. The molecule has 0 saturated heterocycles. The Morgan fingerprint density at radius 2 is 1.57 bits per heavy atom. The van der Waals surface area contributed by atoms with Gasteiger partial charge >= 0.3 is 0 Å². The van der Waals surface area contributed by atoms with Crippen LogP contribution >= 0.6 is 11.8 Å². The monoisotopic (exact) mass is 385 g/mol. The maximum absolute atomic E-state index is 5.01. The van der Waals surface area contributed by atoms with Gasteiger partial charge in [-0.3, -0.25) is 0 Å². The van der Waals surface area contributed by atoms with Crippen LogP contribution in [0.15, 0.2) is 84.0 Å². The number of hydrogen-bond donors (Lipinski definition) is 1. The normalized spacial score (nSPS) is 10.9. The van der Waals surface area contributed by atoms with Crippen LogP contribution in [-0.2, 0) is 0 Å². The van der Waals surface area contributed by atoms with E-state index in [2.05, 4.69) is 71.5 Å². The van der Waals surface area contributed by atoms with Gasteiger partial charge in [-0.15, -0.1) is 11.8 Å². The largest absolute Gasteiger partial charge is 0.337 e. The van der Waals surface area contributed by atoms with Gasteiger partial charge in [-0.1, -0.05) is 74.0 Å². The summed E-state index contributed by atoms with van der Waals surface area (Å²) in [6.07, 6.45) is 4.23. The first kappa shape index (κ1) is 18.5. The number of pyridine rings is 1. The quantitative estimate of drug-likeness (QED) is 0.284. The van der Waals surface area contributed by atoms with Crippen LogP contribution in [0.1, 0.15) is 19.8 Å². The summed E-state index contributed by atoms with van der Waals surface area (Å²) in [6, 6.07) is 24.8. The molecule has 0 radical (unpaired) electrons. The topological polar surface area (TPSA) is 41.6 Å². The molecule has 2 aromatic carbocycles. The van der Waals surface area contributed by atoms with E-state index < -0.39 is 0 Å². The molecule has 2 heterocycles. The summed E-state index contributed by atoms with van der Waals surface area (Å²) in [5.74, 6) is 1.93. The van der Waals surface area contributed by atoms with Gasteiger partial charge in [0, 0.05) is 22.9 Å². The van der Waals surface area contributed by atoms with Crippen molar-refractivity contribution in [3.8, 4) is 33.9 Å². The van der Waals surface area contributed by atoms with Crippen molar-refractivity contribution in [2.24, 2.45) is 0 Å². The van der Waals surface area contributed by atoms with Gasteiger partial charge < -0.3 is 4.98 Å². The Labute approximate surface area is 170 Å². The van der Waals surface area contributed by atoms with Crippen LogP contribution in [0.5, 0.6) is 0 Å². The number of benzene rings is 2. The van der Waals surface area contributed by atoms with E-state index in [0.717, 1.165) is 44.7 Å². The average Bonchev–Trinajstić information content (AvgIpc) is 3.21. The number of aromatic nitrogens is 3. The van der Waals surface area contributed by atoms with Crippen molar-refractivity contribution in [3.05, 3.63) is 79.0 Å². The first-order valence-electron chi connectivity index (χ1n) is 9.66. The molecule has 3 nitrogen and oxygen atoms in total. The van der Waals surface area contributed by atoms with Crippen LogP contribution < -0.4 is 0 Å². The molecular weight excluding hydrogens is 362 g/mol. The first-order chi connectivity index (χ1) is 13.9. The molecule has 4 rings (SSSR count). The number of thioether (sulfide) groups is 1. The molecule has 0 bridgehead atoms. The number of unbranched alkanes of at least 4 members (excludes halogenated alkanes) is 1. The zero-order valence-corrected chi connectivity index (χ0v) is 16.7. The fraction of sp³-hybridized carbons (Fsp3) is 0.167. The molecule has 140 valence electrons. The second kappa shape index (κ2) is 8.89. The third kappa shape index (κ3) is 4.02. The Hall–Kier alpha value is -2.85. The Morgan fingerprint density at radius 3 is 2.29 bits per heavy atom. The number of nitrogens with one attached hydrogen (secondary N) is 1. The molecule has 4 aromatic rings. The van der Waals surface area contributed by atoms with E-state index in [0.29, 0.717) is 0 Å². The van der Waals surface area contributed by atoms with Gasteiger partial charge in [0.25, 0.3) is 0 Å². The maximum Gasteiger partial charge on any atom is 0.141 e. The Kier molecular flexibility index (Phi) is 5.88. The van der Waals surface area contributed by atoms with Gasteiger partial charge in [-0.2, -0.15) is 0 Å². The lowest BCUT2D eigenvalue weighted by Gasteiger charge is -2.05. The van der Waals surface area contributed by atoms with Crippen molar-refractivity contribution < 1.29 is 0 Å². The van der Waals surface area contributed by atoms with Crippen molar-refractivity contribution in [3.63, 3.8) is 0 Å². The Bertz CT molecular complexity index is 969. The number of hydrogen-bond acceptors (Lipinski definition) is 3. The molecule has 1 N–H and O–H groups in total. The van der Waals surface area contributed by atoms with E-state index in [4.69, 9.17) is 4.98 Å². The second-order valence-corrected chi connectivity index (χ2v) is 7.68. The van der Waals surface area contributed by atoms with Crippen LogP contribution in [0, 0.1) is 0 Å². The van der Waals surface area contributed by atoms with Crippen LogP contribution in [0.3, 0.4) is 0 Å². The lowest BCUT2D eigenvalue weighted by molar-refractivity contribution is 0.894. The molecule has 0 saturated carbocycles. The minimum Gasteiger partial charge on any atom is -0.337 e. The molecule has 0 unspecified atom stereocenters. The molecular formula is C24H23N3S. The Morgan fingerprint density at radius 1 is 0.857 bits per heavy atom. The van der Waals surface area contributed by atoms with E-state index in [1.165, 1.54) is 12.8 Å². The van der Waals surface area contributed by atoms with Gasteiger partial charge in [0.2, 0.25) is 0 Å². The third-order valence-corrected chi connectivity index (χ3v) is 5.67.